The normalized spacial score (nSPS) is 11.6. The van der Waals surface area contributed by atoms with Crippen molar-refractivity contribution in [3.8, 4) is 11.4 Å². The summed E-state index contributed by atoms with van der Waals surface area (Å²) in [6.07, 6.45) is -4.46. The molecule has 170 valence electrons. The second-order valence-electron chi connectivity index (χ2n) is 7.47. The fraction of sp³-hybridized carbons (Fsp3) is 0.227. The van der Waals surface area contributed by atoms with Gasteiger partial charge in [-0.2, -0.15) is 18.0 Å². The van der Waals surface area contributed by atoms with Crippen LogP contribution in [0.4, 0.5) is 24.0 Å². The zero-order valence-electron chi connectivity index (χ0n) is 18.0. The lowest BCUT2D eigenvalue weighted by Gasteiger charge is -2.19. The Hall–Kier alpha value is -3.60. The van der Waals surface area contributed by atoms with E-state index in [1.54, 1.807) is 5.38 Å². The first-order valence-electron chi connectivity index (χ1n) is 9.89. The predicted octanol–water partition coefficient (Wildman–Crippen LogP) is 5.17. The van der Waals surface area contributed by atoms with Crippen molar-refractivity contribution >= 4 is 28.1 Å². The van der Waals surface area contributed by atoms with Crippen molar-refractivity contribution < 1.29 is 18.0 Å². The molecular weight excluding hydrogens is 453 g/mol. The van der Waals surface area contributed by atoms with Gasteiger partial charge in [0.05, 0.1) is 16.9 Å². The lowest BCUT2D eigenvalue weighted by Crippen LogP contribution is -2.22. The summed E-state index contributed by atoms with van der Waals surface area (Å²) in [6.45, 7) is 5.60. The molecule has 0 radical (unpaired) electrons. The van der Waals surface area contributed by atoms with Gasteiger partial charge in [-0.3, -0.25) is 9.69 Å². The SMILES string of the molecule is CC(=O)N(c1ccc(C)c(C)c1)c1nc(Cn2nnc(-c3cccc(C(F)(F)F)c3)n2)cs1. The molecule has 33 heavy (non-hydrogen) atoms. The highest BCUT2D eigenvalue weighted by molar-refractivity contribution is 7.14. The number of amides is 1. The number of rotatable bonds is 5. The molecule has 0 atom stereocenters. The van der Waals surface area contributed by atoms with E-state index in [4.69, 9.17) is 0 Å². The predicted molar refractivity (Wildman–Crippen MR) is 118 cm³/mol. The van der Waals surface area contributed by atoms with Crippen molar-refractivity contribution in [1.29, 1.82) is 0 Å². The number of hydrogen-bond acceptors (Lipinski definition) is 6. The summed E-state index contributed by atoms with van der Waals surface area (Å²) in [5.41, 5.74) is 2.93. The number of carbonyl (C=O) groups is 1. The van der Waals surface area contributed by atoms with Crippen LogP contribution in [-0.2, 0) is 17.5 Å². The number of hydrogen-bond donors (Lipinski definition) is 0. The molecule has 7 nitrogen and oxygen atoms in total. The molecule has 2 heterocycles. The standard InChI is InChI=1S/C22H19F3N6OS/c1-13-7-8-19(9-14(13)2)31(15(3)32)21-26-18(12-33-21)11-30-28-20(27-29-30)16-5-4-6-17(10-16)22(23,24)25/h4-10,12H,11H2,1-3H3. The average Bonchev–Trinajstić information content (AvgIpc) is 3.40. The van der Waals surface area contributed by atoms with Gasteiger partial charge in [0.15, 0.2) is 5.13 Å². The van der Waals surface area contributed by atoms with E-state index in [0.717, 1.165) is 28.9 Å². The van der Waals surface area contributed by atoms with Gasteiger partial charge in [-0.15, -0.1) is 21.5 Å². The molecular formula is C22H19F3N6OS. The summed E-state index contributed by atoms with van der Waals surface area (Å²) in [7, 11) is 0. The Morgan fingerprint density at radius 2 is 1.91 bits per heavy atom. The Labute approximate surface area is 191 Å². The molecule has 4 aromatic rings. The quantitative estimate of drug-likeness (QED) is 0.401. The number of nitrogens with zero attached hydrogens (tertiary/aromatic N) is 6. The van der Waals surface area contributed by atoms with Gasteiger partial charge in [0.2, 0.25) is 11.7 Å². The Bertz CT molecular complexity index is 1310. The van der Waals surface area contributed by atoms with Crippen molar-refractivity contribution in [2.45, 2.75) is 33.5 Å². The van der Waals surface area contributed by atoms with Crippen LogP contribution in [0, 0.1) is 13.8 Å². The first kappa shape index (κ1) is 22.6. The van der Waals surface area contributed by atoms with E-state index in [9.17, 15) is 18.0 Å². The molecule has 0 fully saturated rings. The molecule has 0 aliphatic heterocycles. The molecule has 0 bridgehead atoms. The van der Waals surface area contributed by atoms with Crippen LogP contribution in [-0.4, -0.2) is 31.1 Å². The number of tetrazole rings is 1. The number of aromatic nitrogens is 5. The van der Waals surface area contributed by atoms with Crippen LogP contribution in [0.2, 0.25) is 0 Å². The van der Waals surface area contributed by atoms with E-state index in [0.29, 0.717) is 10.8 Å². The highest BCUT2D eigenvalue weighted by Crippen LogP contribution is 2.32. The van der Waals surface area contributed by atoms with Gasteiger partial charge < -0.3 is 0 Å². The second kappa shape index (κ2) is 8.74. The smallest absolute Gasteiger partial charge is 0.274 e. The van der Waals surface area contributed by atoms with Gasteiger partial charge in [0.1, 0.15) is 6.54 Å². The van der Waals surface area contributed by atoms with Gasteiger partial charge in [-0.05, 0) is 54.5 Å². The number of anilines is 2. The van der Waals surface area contributed by atoms with Gasteiger partial charge in [-0.25, -0.2) is 4.98 Å². The van der Waals surface area contributed by atoms with Crippen molar-refractivity contribution in [3.05, 3.63) is 70.2 Å². The lowest BCUT2D eigenvalue weighted by molar-refractivity contribution is -0.137. The monoisotopic (exact) mass is 472 g/mol. The highest BCUT2D eigenvalue weighted by atomic mass is 32.1. The molecule has 2 aromatic heterocycles. The first-order chi connectivity index (χ1) is 15.6. The minimum Gasteiger partial charge on any atom is -0.274 e. The Balaban J connectivity index is 1.55. The molecule has 0 N–H and O–H groups in total. The molecule has 0 aliphatic rings. The molecule has 0 spiro atoms. The molecule has 4 rings (SSSR count). The van der Waals surface area contributed by atoms with Crippen LogP contribution < -0.4 is 4.90 Å². The number of alkyl halides is 3. The second-order valence-corrected chi connectivity index (χ2v) is 8.30. The van der Waals surface area contributed by atoms with Crippen molar-refractivity contribution in [3.63, 3.8) is 0 Å². The third-order valence-electron chi connectivity index (χ3n) is 5.00. The van der Waals surface area contributed by atoms with Crippen molar-refractivity contribution in [1.82, 2.24) is 25.2 Å². The molecule has 11 heteroatoms. The first-order valence-corrected chi connectivity index (χ1v) is 10.8. The topological polar surface area (TPSA) is 76.8 Å². The highest BCUT2D eigenvalue weighted by Gasteiger charge is 2.30. The minimum absolute atomic E-state index is 0.0806. The maximum atomic E-state index is 13.0. The fourth-order valence-electron chi connectivity index (χ4n) is 3.17. The molecule has 0 unspecified atom stereocenters. The number of carbonyl (C=O) groups excluding carboxylic acids is 1. The van der Waals surface area contributed by atoms with Gasteiger partial charge in [0.25, 0.3) is 0 Å². The summed E-state index contributed by atoms with van der Waals surface area (Å²) in [5.74, 6) is -0.0955. The molecule has 0 saturated carbocycles. The number of benzene rings is 2. The van der Waals surface area contributed by atoms with Crippen LogP contribution >= 0.6 is 11.3 Å². The molecule has 0 saturated heterocycles. The molecule has 2 aromatic carbocycles. The summed E-state index contributed by atoms with van der Waals surface area (Å²) < 4.78 is 38.9. The third-order valence-corrected chi connectivity index (χ3v) is 5.87. The van der Waals surface area contributed by atoms with Gasteiger partial charge in [-0.1, -0.05) is 18.2 Å². The van der Waals surface area contributed by atoms with Crippen LogP contribution in [0.1, 0.15) is 29.3 Å². The minimum atomic E-state index is -4.46. The summed E-state index contributed by atoms with van der Waals surface area (Å²) >= 11 is 1.30. The summed E-state index contributed by atoms with van der Waals surface area (Å²) in [4.78, 5) is 19.7. The summed E-state index contributed by atoms with van der Waals surface area (Å²) in [6, 6.07) is 10.5. The summed E-state index contributed by atoms with van der Waals surface area (Å²) in [5, 5.41) is 14.2. The largest absolute Gasteiger partial charge is 0.416 e. The molecule has 1 amide bonds. The van der Waals surface area contributed by atoms with Crippen molar-refractivity contribution in [2.24, 2.45) is 0 Å². The lowest BCUT2D eigenvalue weighted by atomic mass is 10.1. The van der Waals surface area contributed by atoms with E-state index in [2.05, 4.69) is 20.4 Å². The maximum Gasteiger partial charge on any atom is 0.416 e. The Morgan fingerprint density at radius 3 is 2.61 bits per heavy atom. The van der Waals surface area contributed by atoms with Crippen molar-refractivity contribution in [2.75, 3.05) is 4.90 Å². The fourth-order valence-corrected chi connectivity index (χ4v) is 4.05. The maximum absolute atomic E-state index is 13.0. The van der Waals surface area contributed by atoms with E-state index < -0.39 is 11.7 Å². The van der Waals surface area contributed by atoms with Gasteiger partial charge >= 0.3 is 6.18 Å². The van der Waals surface area contributed by atoms with E-state index >= 15 is 0 Å². The van der Waals surface area contributed by atoms with E-state index in [-0.39, 0.29) is 23.8 Å². The third kappa shape index (κ3) is 4.92. The van der Waals surface area contributed by atoms with E-state index in [1.165, 1.54) is 40.1 Å². The van der Waals surface area contributed by atoms with Crippen LogP contribution in [0.5, 0.6) is 0 Å². The zero-order valence-corrected chi connectivity index (χ0v) is 18.8. The number of aryl methyl sites for hydroxylation is 2. The zero-order chi connectivity index (χ0) is 23.8. The Morgan fingerprint density at radius 1 is 1.12 bits per heavy atom. The number of thiazole rings is 1. The van der Waals surface area contributed by atoms with Gasteiger partial charge in [0, 0.05) is 17.9 Å². The van der Waals surface area contributed by atoms with Crippen LogP contribution in [0.3, 0.4) is 0 Å². The average molecular weight is 472 g/mol. The van der Waals surface area contributed by atoms with E-state index in [1.807, 2.05) is 32.0 Å². The Kier molecular flexibility index (Phi) is 5.98. The molecule has 0 aliphatic carbocycles. The van der Waals surface area contributed by atoms with Crippen LogP contribution in [0.15, 0.2) is 47.8 Å². The van der Waals surface area contributed by atoms with Crippen LogP contribution in [0.25, 0.3) is 11.4 Å². The number of halogens is 3.